The molecule has 2 N–H and O–H groups in total. The molecule has 0 aliphatic carbocycles. The molecule has 0 unspecified atom stereocenters. The van der Waals surface area contributed by atoms with E-state index in [0.29, 0.717) is 22.8 Å². The molecule has 7 nitrogen and oxygen atoms in total. The highest BCUT2D eigenvalue weighted by molar-refractivity contribution is 5.96. The first-order valence-corrected chi connectivity index (χ1v) is 7.97. The maximum atomic E-state index is 12.7. The maximum Gasteiger partial charge on any atom is 0.419 e. The van der Waals surface area contributed by atoms with E-state index >= 15 is 0 Å². The average molecular weight is 358 g/mol. The number of benzene rings is 2. The van der Waals surface area contributed by atoms with E-state index in [1.807, 2.05) is 0 Å². The number of amides is 2. The molecule has 0 atom stereocenters. The number of anilines is 3. The molecule has 0 saturated carbocycles. The number of rotatable bonds is 4. The highest BCUT2D eigenvalue weighted by Gasteiger charge is 2.25. The number of methoxy groups -OCH3 is 1. The smallest absolute Gasteiger partial charge is 0.419 e. The molecule has 0 heterocycles. The van der Waals surface area contributed by atoms with E-state index in [2.05, 4.69) is 5.32 Å². The fourth-order valence-electron chi connectivity index (χ4n) is 2.22. The molecule has 0 aliphatic heterocycles. The Balaban J connectivity index is 2.38. The molecule has 2 amide bonds. The lowest BCUT2D eigenvalue weighted by Gasteiger charge is -2.27. The molecule has 2 aromatic rings. The molecular formula is C19H22N2O5. The Kier molecular flexibility index (Phi) is 5.71. The summed E-state index contributed by atoms with van der Waals surface area (Å²) in [6, 6.07) is 13.4. The van der Waals surface area contributed by atoms with Crippen LogP contribution in [0.15, 0.2) is 48.5 Å². The van der Waals surface area contributed by atoms with Crippen LogP contribution in [0.5, 0.6) is 5.75 Å². The van der Waals surface area contributed by atoms with Gasteiger partial charge in [-0.2, -0.15) is 0 Å². The first-order chi connectivity index (χ1) is 12.2. The standard InChI is InChI=1S/C19H22N2O5/c1-19(2,3)26-18(24)21(15-9-11-16(25-4)12-10-15)14-7-5-13(6-8-14)20-17(22)23/h5-12,20H,1-4H3,(H,22,23). The summed E-state index contributed by atoms with van der Waals surface area (Å²) in [7, 11) is 1.56. The summed E-state index contributed by atoms with van der Waals surface area (Å²) in [5, 5.41) is 11.0. The molecule has 0 aliphatic rings. The van der Waals surface area contributed by atoms with Crippen LogP contribution in [0, 0.1) is 0 Å². The summed E-state index contributed by atoms with van der Waals surface area (Å²) in [5.41, 5.74) is 0.881. The van der Waals surface area contributed by atoms with Gasteiger partial charge in [0.25, 0.3) is 0 Å². The van der Waals surface area contributed by atoms with E-state index in [0.717, 1.165) is 0 Å². The summed E-state index contributed by atoms with van der Waals surface area (Å²) in [5.74, 6) is 0.666. The van der Waals surface area contributed by atoms with E-state index in [9.17, 15) is 9.59 Å². The Morgan fingerprint density at radius 2 is 1.46 bits per heavy atom. The van der Waals surface area contributed by atoms with Crippen molar-refractivity contribution in [1.82, 2.24) is 0 Å². The number of nitrogens with zero attached hydrogens (tertiary/aromatic N) is 1. The minimum atomic E-state index is -1.16. The molecule has 0 radical (unpaired) electrons. The highest BCUT2D eigenvalue weighted by atomic mass is 16.6. The maximum absolute atomic E-state index is 12.7. The Bertz CT molecular complexity index is 764. The number of nitrogens with one attached hydrogen (secondary N) is 1. The molecular weight excluding hydrogens is 336 g/mol. The minimum absolute atomic E-state index is 0.403. The van der Waals surface area contributed by atoms with Crippen LogP contribution in [0.1, 0.15) is 20.8 Å². The van der Waals surface area contributed by atoms with Crippen molar-refractivity contribution in [3.05, 3.63) is 48.5 Å². The first-order valence-electron chi connectivity index (χ1n) is 7.97. The lowest BCUT2D eigenvalue weighted by molar-refractivity contribution is 0.0599. The van der Waals surface area contributed by atoms with Crippen LogP contribution in [0.3, 0.4) is 0 Å². The number of hydrogen-bond acceptors (Lipinski definition) is 4. The van der Waals surface area contributed by atoms with Crippen molar-refractivity contribution >= 4 is 29.2 Å². The second kappa shape index (κ2) is 7.77. The Hall–Kier alpha value is -3.22. The molecule has 2 aromatic carbocycles. The van der Waals surface area contributed by atoms with Crippen molar-refractivity contribution < 1.29 is 24.2 Å². The second-order valence-electron chi connectivity index (χ2n) is 6.49. The van der Waals surface area contributed by atoms with E-state index in [1.165, 1.54) is 4.90 Å². The zero-order valence-electron chi connectivity index (χ0n) is 15.1. The largest absolute Gasteiger partial charge is 0.497 e. The van der Waals surface area contributed by atoms with Gasteiger partial charge in [-0.25, -0.2) is 14.5 Å². The highest BCUT2D eigenvalue weighted by Crippen LogP contribution is 2.30. The number of ether oxygens (including phenoxy) is 2. The molecule has 0 saturated heterocycles. The van der Waals surface area contributed by atoms with Crippen molar-refractivity contribution in [2.75, 3.05) is 17.3 Å². The van der Waals surface area contributed by atoms with Crippen LogP contribution >= 0.6 is 0 Å². The van der Waals surface area contributed by atoms with Crippen molar-refractivity contribution in [2.45, 2.75) is 26.4 Å². The van der Waals surface area contributed by atoms with Crippen LogP contribution < -0.4 is 15.0 Å². The van der Waals surface area contributed by atoms with Gasteiger partial charge in [-0.15, -0.1) is 0 Å². The van der Waals surface area contributed by atoms with Crippen molar-refractivity contribution in [2.24, 2.45) is 0 Å². The van der Waals surface area contributed by atoms with Gasteiger partial charge in [0, 0.05) is 5.69 Å². The summed E-state index contributed by atoms with van der Waals surface area (Å²) >= 11 is 0. The predicted molar refractivity (Wildman–Crippen MR) is 99.5 cm³/mol. The molecule has 26 heavy (non-hydrogen) atoms. The van der Waals surface area contributed by atoms with Gasteiger partial charge >= 0.3 is 12.2 Å². The minimum Gasteiger partial charge on any atom is -0.497 e. The molecule has 0 spiro atoms. The quantitative estimate of drug-likeness (QED) is 0.815. The van der Waals surface area contributed by atoms with Crippen LogP contribution in [0.4, 0.5) is 26.7 Å². The van der Waals surface area contributed by atoms with Crippen LogP contribution in [0.2, 0.25) is 0 Å². The normalized spacial score (nSPS) is 10.8. The van der Waals surface area contributed by atoms with Gasteiger partial charge in [-0.3, -0.25) is 5.32 Å². The van der Waals surface area contributed by atoms with E-state index in [-0.39, 0.29) is 0 Å². The molecule has 2 rings (SSSR count). The van der Waals surface area contributed by atoms with Gasteiger partial charge in [-0.1, -0.05) is 0 Å². The van der Waals surface area contributed by atoms with E-state index in [4.69, 9.17) is 14.6 Å². The monoisotopic (exact) mass is 358 g/mol. The number of carbonyl (C=O) groups excluding carboxylic acids is 1. The van der Waals surface area contributed by atoms with Crippen LogP contribution in [0.25, 0.3) is 0 Å². The number of carbonyl (C=O) groups is 2. The SMILES string of the molecule is COc1ccc(N(C(=O)OC(C)(C)C)c2ccc(NC(=O)O)cc2)cc1. The Labute approximate surface area is 152 Å². The van der Waals surface area contributed by atoms with E-state index in [1.54, 1.807) is 76.4 Å². The van der Waals surface area contributed by atoms with Crippen molar-refractivity contribution in [3.8, 4) is 5.75 Å². The fraction of sp³-hybridized carbons (Fsp3) is 0.263. The topological polar surface area (TPSA) is 88.1 Å². The third kappa shape index (κ3) is 5.14. The molecule has 0 fully saturated rings. The lowest BCUT2D eigenvalue weighted by Crippen LogP contribution is -2.33. The summed E-state index contributed by atoms with van der Waals surface area (Å²) in [6.07, 6.45) is -1.70. The van der Waals surface area contributed by atoms with E-state index < -0.39 is 17.8 Å². The summed E-state index contributed by atoms with van der Waals surface area (Å²) in [6.45, 7) is 5.37. The van der Waals surface area contributed by atoms with Gasteiger partial charge in [0.05, 0.1) is 18.5 Å². The van der Waals surface area contributed by atoms with Gasteiger partial charge < -0.3 is 14.6 Å². The van der Waals surface area contributed by atoms with Crippen LogP contribution in [-0.4, -0.2) is 30.0 Å². The van der Waals surface area contributed by atoms with Gasteiger partial charge in [0.2, 0.25) is 0 Å². The Morgan fingerprint density at radius 3 is 1.88 bits per heavy atom. The third-order valence-corrected chi connectivity index (χ3v) is 3.28. The lowest BCUT2D eigenvalue weighted by atomic mass is 10.2. The van der Waals surface area contributed by atoms with Crippen molar-refractivity contribution in [1.29, 1.82) is 0 Å². The molecule has 138 valence electrons. The fourth-order valence-corrected chi connectivity index (χ4v) is 2.22. The second-order valence-corrected chi connectivity index (χ2v) is 6.49. The molecule has 0 bridgehead atoms. The van der Waals surface area contributed by atoms with Crippen LogP contribution in [-0.2, 0) is 4.74 Å². The number of hydrogen-bond donors (Lipinski definition) is 2. The molecule has 0 aromatic heterocycles. The first kappa shape index (κ1) is 19.1. The van der Waals surface area contributed by atoms with Gasteiger partial charge in [0.15, 0.2) is 0 Å². The van der Waals surface area contributed by atoms with Gasteiger partial charge in [0.1, 0.15) is 11.4 Å². The Morgan fingerprint density at radius 1 is 0.962 bits per heavy atom. The third-order valence-electron chi connectivity index (χ3n) is 3.28. The predicted octanol–water partition coefficient (Wildman–Crippen LogP) is 4.86. The zero-order valence-corrected chi connectivity index (χ0v) is 15.1. The summed E-state index contributed by atoms with van der Waals surface area (Å²) in [4.78, 5) is 24.9. The summed E-state index contributed by atoms with van der Waals surface area (Å²) < 4.78 is 10.7. The average Bonchev–Trinajstić information content (AvgIpc) is 2.55. The molecule has 7 heteroatoms. The van der Waals surface area contributed by atoms with Gasteiger partial charge in [-0.05, 0) is 69.3 Å². The number of carboxylic acid groups (broad SMARTS) is 1. The zero-order chi connectivity index (χ0) is 19.3. The van der Waals surface area contributed by atoms with Crippen molar-refractivity contribution in [3.63, 3.8) is 0 Å².